The third-order valence-corrected chi connectivity index (χ3v) is 2.21. The van der Waals surface area contributed by atoms with Crippen molar-refractivity contribution in [3.8, 4) is 11.5 Å². The molecule has 2 rings (SSSR count). The highest BCUT2D eigenvalue weighted by Gasteiger charge is 2.31. The Morgan fingerprint density at radius 3 is 2.50 bits per heavy atom. The standard InChI is InChI=1S/C11H15NO2/c1-7(12)8-4-5-9-10(6-8)14-11(2,3)13-9/h4-7H,12H2,1-3H3. The summed E-state index contributed by atoms with van der Waals surface area (Å²) in [6.45, 7) is 5.72. The minimum atomic E-state index is -0.557. The van der Waals surface area contributed by atoms with Crippen LogP contribution in [0.3, 0.4) is 0 Å². The Hall–Kier alpha value is -1.22. The number of hydrogen-bond donors (Lipinski definition) is 1. The summed E-state index contributed by atoms with van der Waals surface area (Å²) in [5.41, 5.74) is 6.84. The van der Waals surface area contributed by atoms with Crippen LogP contribution >= 0.6 is 0 Å². The lowest BCUT2D eigenvalue weighted by molar-refractivity contribution is -0.0431. The van der Waals surface area contributed by atoms with Crippen LogP contribution in [0.15, 0.2) is 18.2 Å². The van der Waals surface area contributed by atoms with E-state index in [1.165, 1.54) is 0 Å². The number of benzene rings is 1. The van der Waals surface area contributed by atoms with E-state index in [0.29, 0.717) is 0 Å². The van der Waals surface area contributed by atoms with Crippen molar-refractivity contribution in [3.63, 3.8) is 0 Å². The SMILES string of the molecule is CC(N)c1ccc2c(c1)OC(C)(C)O2. The monoisotopic (exact) mass is 193 g/mol. The molecule has 1 heterocycles. The second-order valence-electron chi connectivity index (χ2n) is 4.10. The van der Waals surface area contributed by atoms with Gasteiger partial charge in [-0.3, -0.25) is 0 Å². The molecule has 1 atom stereocenters. The van der Waals surface area contributed by atoms with Crippen molar-refractivity contribution in [2.45, 2.75) is 32.6 Å². The van der Waals surface area contributed by atoms with Gasteiger partial charge >= 0.3 is 0 Å². The minimum absolute atomic E-state index is 0.0209. The molecule has 0 aromatic heterocycles. The zero-order valence-corrected chi connectivity index (χ0v) is 8.70. The number of fused-ring (bicyclic) bond motifs is 1. The van der Waals surface area contributed by atoms with Crippen molar-refractivity contribution < 1.29 is 9.47 Å². The van der Waals surface area contributed by atoms with E-state index in [0.717, 1.165) is 17.1 Å². The van der Waals surface area contributed by atoms with Crippen molar-refractivity contribution in [1.29, 1.82) is 0 Å². The van der Waals surface area contributed by atoms with Crippen LogP contribution in [0.2, 0.25) is 0 Å². The molecule has 1 aliphatic rings. The van der Waals surface area contributed by atoms with E-state index in [1.807, 2.05) is 39.0 Å². The number of ether oxygens (including phenoxy) is 2. The third kappa shape index (κ3) is 1.55. The van der Waals surface area contributed by atoms with Crippen LogP contribution < -0.4 is 15.2 Å². The lowest BCUT2D eigenvalue weighted by Gasteiger charge is -2.16. The first-order chi connectivity index (χ1) is 6.48. The van der Waals surface area contributed by atoms with Crippen LogP contribution in [0.1, 0.15) is 32.4 Å². The lowest BCUT2D eigenvalue weighted by Crippen LogP contribution is -2.29. The van der Waals surface area contributed by atoms with Crippen LogP contribution in [-0.4, -0.2) is 5.79 Å². The van der Waals surface area contributed by atoms with Gasteiger partial charge in [-0.15, -0.1) is 0 Å². The molecule has 0 saturated carbocycles. The summed E-state index contributed by atoms with van der Waals surface area (Å²) in [5, 5.41) is 0. The maximum atomic E-state index is 5.78. The second-order valence-corrected chi connectivity index (χ2v) is 4.10. The molecule has 0 radical (unpaired) electrons. The highest BCUT2D eigenvalue weighted by molar-refractivity contribution is 5.46. The first-order valence-corrected chi connectivity index (χ1v) is 4.75. The van der Waals surface area contributed by atoms with Gasteiger partial charge in [0.2, 0.25) is 5.79 Å². The Morgan fingerprint density at radius 1 is 1.21 bits per heavy atom. The van der Waals surface area contributed by atoms with Gasteiger partial charge in [0.05, 0.1) is 0 Å². The van der Waals surface area contributed by atoms with Gasteiger partial charge in [0, 0.05) is 19.9 Å². The maximum Gasteiger partial charge on any atom is 0.246 e. The summed E-state index contributed by atoms with van der Waals surface area (Å²) >= 11 is 0. The number of rotatable bonds is 1. The largest absolute Gasteiger partial charge is 0.449 e. The van der Waals surface area contributed by atoms with Crippen LogP contribution in [-0.2, 0) is 0 Å². The fourth-order valence-corrected chi connectivity index (χ4v) is 1.52. The second kappa shape index (κ2) is 2.89. The highest BCUT2D eigenvalue weighted by Crippen LogP contribution is 2.40. The normalized spacial score (nSPS) is 19.4. The fraction of sp³-hybridized carbons (Fsp3) is 0.455. The van der Waals surface area contributed by atoms with Gasteiger partial charge in [0.15, 0.2) is 11.5 Å². The van der Waals surface area contributed by atoms with Gasteiger partial charge in [-0.1, -0.05) is 6.07 Å². The molecule has 1 aromatic rings. The summed E-state index contributed by atoms with van der Waals surface area (Å²) in [6.07, 6.45) is 0. The molecule has 0 aliphatic carbocycles. The van der Waals surface area contributed by atoms with Crippen molar-refractivity contribution in [3.05, 3.63) is 23.8 Å². The van der Waals surface area contributed by atoms with Gasteiger partial charge in [0.25, 0.3) is 0 Å². The van der Waals surface area contributed by atoms with Gasteiger partial charge in [0.1, 0.15) is 0 Å². The Balaban J connectivity index is 2.36. The third-order valence-electron chi connectivity index (χ3n) is 2.21. The average Bonchev–Trinajstić information content (AvgIpc) is 2.36. The molecule has 1 aromatic carbocycles. The predicted molar refractivity (Wildman–Crippen MR) is 54.4 cm³/mol. The summed E-state index contributed by atoms with van der Waals surface area (Å²) < 4.78 is 11.2. The molecule has 1 aliphatic heterocycles. The van der Waals surface area contributed by atoms with Crippen molar-refractivity contribution in [1.82, 2.24) is 0 Å². The summed E-state index contributed by atoms with van der Waals surface area (Å²) in [4.78, 5) is 0. The van der Waals surface area contributed by atoms with Crippen LogP contribution in [0.5, 0.6) is 11.5 Å². The molecule has 14 heavy (non-hydrogen) atoms. The number of hydrogen-bond acceptors (Lipinski definition) is 3. The minimum Gasteiger partial charge on any atom is -0.449 e. The number of nitrogens with two attached hydrogens (primary N) is 1. The molecule has 3 nitrogen and oxygen atoms in total. The quantitative estimate of drug-likeness (QED) is 0.743. The Bertz CT molecular complexity index is 358. The first-order valence-electron chi connectivity index (χ1n) is 4.75. The van der Waals surface area contributed by atoms with Gasteiger partial charge in [-0.05, 0) is 24.6 Å². The Kier molecular flexibility index (Phi) is 1.93. The van der Waals surface area contributed by atoms with E-state index < -0.39 is 5.79 Å². The lowest BCUT2D eigenvalue weighted by atomic mass is 10.1. The molecule has 0 amide bonds. The average molecular weight is 193 g/mol. The Labute approximate surface area is 83.8 Å². The molecular weight excluding hydrogens is 178 g/mol. The van der Waals surface area contributed by atoms with Crippen molar-refractivity contribution in [2.75, 3.05) is 0 Å². The Morgan fingerprint density at radius 2 is 1.86 bits per heavy atom. The zero-order chi connectivity index (χ0) is 10.3. The molecule has 0 saturated heterocycles. The summed E-state index contributed by atoms with van der Waals surface area (Å²) in [6, 6.07) is 5.83. The van der Waals surface area contributed by atoms with Gasteiger partial charge in [-0.25, -0.2) is 0 Å². The van der Waals surface area contributed by atoms with E-state index in [9.17, 15) is 0 Å². The summed E-state index contributed by atoms with van der Waals surface area (Å²) in [5.74, 6) is 1.02. The van der Waals surface area contributed by atoms with Crippen LogP contribution in [0, 0.1) is 0 Å². The molecule has 76 valence electrons. The van der Waals surface area contributed by atoms with Crippen LogP contribution in [0.25, 0.3) is 0 Å². The summed E-state index contributed by atoms with van der Waals surface area (Å²) in [7, 11) is 0. The van der Waals surface area contributed by atoms with Gasteiger partial charge in [-0.2, -0.15) is 0 Å². The molecular formula is C11H15NO2. The topological polar surface area (TPSA) is 44.5 Å². The van der Waals surface area contributed by atoms with E-state index in [2.05, 4.69) is 0 Å². The maximum absolute atomic E-state index is 5.78. The molecule has 0 fully saturated rings. The molecule has 1 unspecified atom stereocenters. The first kappa shape index (κ1) is 9.34. The molecule has 0 spiro atoms. The van der Waals surface area contributed by atoms with E-state index in [1.54, 1.807) is 0 Å². The predicted octanol–water partition coefficient (Wildman–Crippen LogP) is 2.21. The van der Waals surface area contributed by atoms with Crippen molar-refractivity contribution >= 4 is 0 Å². The van der Waals surface area contributed by atoms with Gasteiger partial charge < -0.3 is 15.2 Å². The van der Waals surface area contributed by atoms with E-state index in [4.69, 9.17) is 15.2 Å². The van der Waals surface area contributed by atoms with Crippen molar-refractivity contribution in [2.24, 2.45) is 5.73 Å². The molecule has 0 bridgehead atoms. The van der Waals surface area contributed by atoms with Crippen LogP contribution in [0.4, 0.5) is 0 Å². The fourth-order valence-electron chi connectivity index (χ4n) is 1.52. The smallest absolute Gasteiger partial charge is 0.246 e. The highest BCUT2D eigenvalue weighted by atomic mass is 16.7. The van der Waals surface area contributed by atoms with E-state index >= 15 is 0 Å². The zero-order valence-electron chi connectivity index (χ0n) is 8.70. The molecule has 2 N–H and O–H groups in total. The van der Waals surface area contributed by atoms with E-state index in [-0.39, 0.29) is 6.04 Å². The molecule has 3 heteroatoms.